The summed E-state index contributed by atoms with van der Waals surface area (Å²) in [6.45, 7) is 5.49. The van der Waals surface area contributed by atoms with E-state index >= 15 is 0 Å². The third-order valence-electron chi connectivity index (χ3n) is 4.83. The van der Waals surface area contributed by atoms with Gasteiger partial charge >= 0.3 is 0 Å². The van der Waals surface area contributed by atoms with Crippen LogP contribution in [-0.4, -0.2) is 59.2 Å². The quantitative estimate of drug-likeness (QED) is 0.538. The molecule has 1 aliphatic rings. The minimum absolute atomic E-state index is 0.509. The SMILES string of the molecule is Nc1c(NCCCN2CCOCC2)ncnc1Nc1cccc2ncccc12. The van der Waals surface area contributed by atoms with Crippen LogP contribution in [0.1, 0.15) is 6.42 Å². The molecule has 0 spiro atoms. The Hall–Kier alpha value is -2.97. The summed E-state index contributed by atoms with van der Waals surface area (Å²) in [5.41, 5.74) is 8.65. The second-order valence-corrected chi connectivity index (χ2v) is 6.72. The number of nitrogens with zero attached hydrogens (tertiary/aromatic N) is 4. The average molecular weight is 379 g/mol. The number of nitrogen functional groups attached to an aromatic ring is 1. The van der Waals surface area contributed by atoms with Gasteiger partial charge in [0.1, 0.15) is 12.0 Å². The standard InChI is InChI=1S/C20H25N7O/c21-18-19(23-8-3-9-27-10-12-28-13-11-27)24-14-25-20(18)26-17-6-1-5-16-15(17)4-2-7-22-16/h1-2,4-7,14H,3,8-13,21H2,(H2,23,24,25,26). The minimum atomic E-state index is 0.509. The number of nitrogens with one attached hydrogen (secondary N) is 2. The second kappa shape index (κ2) is 8.81. The third-order valence-corrected chi connectivity index (χ3v) is 4.83. The third kappa shape index (κ3) is 4.29. The zero-order chi connectivity index (χ0) is 19.2. The first kappa shape index (κ1) is 18.4. The Labute approximate surface area is 164 Å². The molecule has 1 aromatic carbocycles. The fourth-order valence-corrected chi connectivity index (χ4v) is 3.31. The normalized spacial score (nSPS) is 14.9. The van der Waals surface area contributed by atoms with Crippen LogP contribution in [0, 0.1) is 0 Å². The Morgan fingerprint density at radius 3 is 2.79 bits per heavy atom. The predicted octanol–water partition coefficient (Wildman–Crippen LogP) is 2.48. The van der Waals surface area contributed by atoms with Crippen molar-refractivity contribution >= 4 is 33.9 Å². The summed E-state index contributed by atoms with van der Waals surface area (Å²) in [5.74, 6) is 1.24. The molecule has 8 nitrogen and oxygen atoms in total. The van der Waals surface area contributed by atoms with E-state index in [2.05, 4.69) is 30.5 Å². The van der Waals surface area contributed by atoms with E-state index in [0.29, 0.717) is 17.3 Å². The van der Waals surface area contributed by atoms with Crippen LogP contribution in [0.25, 0.3) is 10.9 Å². The Bertz CT molecular complexity index is 922. The lowest BCUT2D eigenvalue weighted by Crippen LogP contribution is -2.37. The highest BCUT2D eigenvalue weighted by Crippen LogP contribution is 2.29. The van der Waals surface area contributed by atoms with Crippen molar-refractivity contribution in [3.8, 4) is 0 Å². The maximum Gasteiger partial charge on any atom is 0.159 e. The van der Waals surface area contributed by atoms with E-state index in [1.165, 1.54) is 6.33 Å². The van der Waals surface area contributed by atoms with Gasteiger partial charge in [-0.15, -0.1) is 0 Å². The zero-order valence-corrected chi connectivity index (χ0v) is 15.8. The van der Waals surface area contributed by atoms with E-state index in [0.717, 1.165) is 62.4 Å². The summed E-state index contributed by atoms with van der Waals surface area (Å²) in [7, 11) is 0. The molecule has 0 radical (unpaired) electrons. The van der Waals surface area contributed by atoms with Crippen molar-refractivity contribution in [1.29, 1.82) is 0 Å². The first-order chi connectivity index (χ1) is 13.8. The molecule has 4 rings (SSSR count). The van der Waals surface area contributed by atoms with Crippen LogP contribution in [0.2, 0.25) is 0 Å². The summed E-state index contributed by atoms with van der Waals surface area (Å²) in [6.07, 6.45) is 4.32. The lowest BCUT2D eigenvalue weighted by Gasteiger charge is -2.26. The molecule has 3 aromatic rings. The number of ether oxygens (including phenoxy) is 1. The van der Waals surface area contributed by atoms with Crippen molar-refractivity contribution in [3.63, 3.8) is 0 Å². The maximum atomic E-state index is 6.31. The van der Waals surface area contributed by atoms with Crippen LogP contribution in [0.4, 0.5) is 23.0 Å². The average Bonchev–Trinajstić information content (AvgIpc) is 2.74. The molecule has 2 aromatic heterocycles. The van der Waals surface area contributed by atoms with E-state index in [4.69, 9.17) is 10.5 Å². The van der Waals surface area contributed by atoms with E-state index in [1.54, 1.807) is 6.20 Å². The molecular formula is C20H25N7O. The number of nitrogens with two attached hydrogens (primary N) is 1. The Balaban J connectivity index is 1.40. The first-order valence-corrected chi connectivity index (χ1v) is 9.56. The highest BCUT2D eigenvalue weighted by molar-refractivity contribution is 5.94. The topological polar surface area (TPSA) is 101 Å². The number of hydrogen-bond donors (Lipinski definition) is 3. The molecule has 4 N–H and O–H groups in total. The molecular weight excluding hydrogens is 354 g/mol. The number of anilines is 4. The zero-order valence-electron chi connectivity index (χ0n) is 15.8. The predicted molar refractivity (Wildman–Crippen MR) is 112 cm³/mol. The van der Waals surface area contributed by atoms with Gasteiger partial charge < -0.3 is 21.1 Å². The Morgan fingerprint density at radius 2 is 1.89 bits per heavy atom. The van der Waals surface area contributed by atoms with Gasteiger partial charge in [-0.25, -0.2) is 9.97 Å². The van der Waals surface area contributed by atoms with Gasteiger partial charge in [0.25, 0.3) is 0 Å². The number of morpholine rings is 1. The van der Waals surface area contributed by atoms with Crippen LogP contribution >= 0.6 is 0 Å². The van der Waals surface area contributed by atoms with Crippen molar-refractivity contribution in [2.24, 2.45) is 0 Å². The maximum absolute atomic E-state index is 6.31. The molecule has 0 aliphatic carbocycles. The van der Waals surface area contributed by atoms with Gasteiger partial charge in [0.2, 0.25) is 0 Å². The highest BCUT2D eigenvalue weighted by Gasteiger charge is 2.11. The molecule has 0 atom stereocenters. The fourth-order valence-electron chi connectivity index (χ4n) is 3.31. The van der Waals surface area contributed by atoms with Gasteiger partial charge in [-0.05, 0) is 37.2 Å². The minimum Gasteiger partial charge on any atom is -0.393 e. The summed E-state index contributed by atoms with van der Waals surface area (Å²) in [5, 5.41) is 7.67. The van der Waals surface area contributed by atoms with Gasteiger partial charge in [0.15, 0.2) is 11.6 Å². The summed E-state index contributed by atoms with van der Waals surface area (Å²) >= 11 is 0. The number of hydrogen-bond acceptors (Lipinski definition) is 8. The highest BCUT2D eigenvalue weighted by atomic mass is 16.5. The monoisotopic (exact) mass is 379 g/mol. The van der Waals surface area contributed by atoms with Crippen molar-refractivity contribution in [2.75, 3.05) is 55.8 Å². The number of rotatable bonds is 7. The van der Waals surface area contributed by atoms with Gasteiger partial charge in [0.05, 0.1) is 18.7 Å². The van der Waals surface area contributed by atoms with Crippen LogP contribution in [0.5, 0.6) is 0 Å². The molecule has 1 saturated heterocycles. The van der Waals surface area contributed by atoms with Crippen molar-refractivity contribution < 1.29 is 4.74 Å². The second-order valence-electron chi connectivity index (χ2n) is 6.72. The van der Waals surface area contributed by atoms with Gasteiger partial charge in [0, 0.05) is 36.9 Å². The van der Waals surface area contributed by atoms with Crippen molar-refractivity contribution in [3.05, 3.63) is 42.9 Å². The molecule has 8 heteroatoms. The molecule has 0 unspecified atom stereocenters. The van der Waals surface area contributed by atoms with Crippen molar-refractivity contribution in [1.82, 2.24) is 19.9 Å². The lowest BCUT2D eigenvalue weighted by molar-refractivity contribution is 0.0378. The van der Waals surface area contributed by atoms with Crippen LogP contribution in [0.3, 0.4) is 0 Å². The van der Waals surface area contributed by atoms with E-state index in [1.807, 2.05) is 30.3 Å². The van der Waals surface area contributed by atoms with Gasteiger partial charge in [-0.2, -0.15) is 0 Å². The Kier molecular flexibility index (Phi) is 5.79. The summed E-state index contributed by atoms with van der Waals surface area (Å²) in [6, 6.07) is 9.86. The summed E-state index contributed by atoms with van der Waals surface area (Å²) in [4.78, 5) is 15.4. The van der Waals surface area contributed by atoms with Crippen molar-refractivity contribution in [2.45, 2.75) is 6.42 Å². The van der Waals surface area contributed by atoms with E-state index in [-0.39, 0.29) is 0 Å². The number of pyridine rings is 1. The van der Waals surface area contributed by atoms with E-state index < -0.39 is 0 Å². The first-order valence-electron chi connectivity index (χ1n) is 9.56. The number of benzene rings is 1. The van der Waals surface area contributed by atoms with Gasteiger partial charge in [-0.1, -0.05) is 6.07 Å². The molecule has 3 heterocycles. The van der Waals surface area contributed by atoms with Gasteiger partial charge in [-0.3, -0.25) is 9.88 Å². The van der Waals surface area contributed by atoms with Crippen LogP contribution < -0.4 is 16.4 Å². The lowest BCUT2D eigenvalue weighted by atomic mass is 10.2. The van der Waals surface area contributed by atoms with Crippen LogP contribution in [0.15, 0.2) is 42.9 Å². The molecule has 146 valence electrons. The molecule has 1 fully saturated rings. The Morgan fingerprint density at radius 1 is 1.04 bits per heavy atom. The van der Waals surface area contributed by atoms with Crippen LogP contribution in [-0.2, 0) is 4.74 Å². The molecule has 0 amide bonds. The fraction of sp³-hybridized carbons (Fsp3) is 0.350. The summed E-state index contributed by atoms with van der Waals surface area (Å²) < 4.78 is 5.38. The molecule has 1 aliphatic heterocycles. The largest absolute Gasteiger partial charge is 0.393 e. The molecule has 0 bridgehead atoms. The number of aromatic nitrogens is 3. The molecule has 0 saturated carbocycles. The van der Waals surface area contributed by atoms with E-state index in [9.17, 15) is 0 Å². The smallest absolute Gasteiger partial charge is 0.159 e. The number of fused-ring (bicyclic) bond motifs is 1. The molecule has 28 heavy (non-hydrogen) atoms.